The van der Waals surface area contributed by atoms with Crippen LogP contribution < -0.4 is 11.1 Å². The van der Waals surface area contributed by atoms with Crippen LogP contribution in [0.3, 0.4) is 0 Å². The van der Waals surface area contributed by atoms with E-state index in [1.165, 1.54) is 29.6 Å². The molecule has 5 heteroatoms. The van der Waals surface area contributed by atoms with Crippen molar-refractivity contribution < 1.29 is 13.2 Å². The Bertz CT molecular complexity index is 252. The lowest BCUT2D eigenvalue weighted by Crippen LogP contribution is -2.20. The predicted octanol–water partition coefficient (Wildman–Crippen LogP) is 2.20. The van der Waals surface area contributed by atoms with E-state index in [1.54, 1.807) is 0 Å². The normalized spacial score (nSPS) is 11.2. The first kappa shape index (κ1) is 8.70. The fourth-order valence-corrected chi connectivity index (χ4v) is 0.730. The number of alkyl halides is 3. The molecule has 0 fully saturated rings. The molecule has 0 aliphatic carbocycles. The molecule has 2 nitrogen and oxygen atoms in total. The Hall–Kier alpha value is -1.39. The van der Waals surface area contributed by atoms with Crippen molar-refractivity contribution in [3.8, 4) is 0 Å². The molecular formula is C7H7F3N2. The van der Waals surface area contributed by atoms with Crippen molar-refractivity contribution in [3.05, 3.63) is 24.3 Å². The Labute approximate surface area is 67.2 Å². The molecule has 0 radical (unpaired) electrons. The van der Waals surface area contributed by atoms with Crippen LogP contribution in [0.4, 0.5) is 24.5 Å². The highest BCUT2D eigenvalue weighted by atomic mass is 19.4. The molecule has 1 rings (SSSR count). The molecule has 66 valence electrons. The van der Waals surface area contributed by atoms with Crippen molar-refractivity contribution in [2.45, 2.75) is 6.30 Å². The second-order valence-corrected chi connectivity index (χ2v) is 2.24. The fraction of sp³-hybridized carbons (Fsp3) is 0.143. The van der Waals surface area contributed by atoms with Crippen LogP contribution in [0.5, 0.6) is 0 Å². The molecule has 0 atom stereocenters. The number of hydrogen-bond donors (Lipinski definition) is 2. The monoisotopic (exact) mass is 176 g/mol. The second-order valence-electron chi connectivity index (χ2n) is 2.24. The topological polar surface area (TPSA) is 38.0 Å². The minimum atomic E-state index is -4.39. The van der Waals surface area contributed by atoms with E-state index in [9.17, 15) is 13.2 Å². The number of nitrogens with one attached hydrogen (secondary N) is 1. The number of nitrogens with two attached hydrogens (primary N) is 1. The first-order chi connectivity index (χ1) is 5.47. The molecule has 0 bridgehead atoms. The Morgan fingerprint density at radius 3 is 2.00 bits per heavy atom. The largest absolute Gasteiger partial charge is 0.482 e. The summed E-state index contributed by atoms with van der Waals surface area (Å²) in [5, 5.41) is 1.35. The number of nitrogen functional groups attached to an aromatic ring is 1. The Balaban J connectivity index is 2.71. The smallest absolute Gasteiger partial charge is 0.399 e. The van der Waals surface area contributed by atoms with Gasteiger partial charge in [-0.25, -0.2) is 0 Å². The van der Waals surface area contributed by atoms with Crippen LogP contribution in [0.15, 0.2) is 24.3 Å². The van der Waals surface area contributed by atoms with Gasteiger partial charge in [-0.2, -0.15) is 13.2 Å². The van der Waals surface area contributed by atoms with Gasteiger partial charge < -0.3 is 5.73 Å². The van der Waals surface area contributed by atoms with Gasteiger partial charge in [0.2, 0.25) is 0 Å². The third kappa shape index (κ3) is 2.69. The third-order valence-electron chi connectivity index (χ3n) is 1.20. The number of benzene rings is 1. The molecule has 0 saturated heterocycles. The first-order valence-electron chi connectivity index (χ1n) is 3.18. The molecule has 0 saturated carbocycles. The van der Waals surface area contributed by atoms with Gasteiger partial charge in [0.1, 0.15) is 0 Å². The minimum Gasteiger partial charge on any atom is -0.399 e. The van der Waals surface area contributed by atoms with E-state index in [0.717, 1.165) is 0 Å². The van der Waals surface area contributed by atoms with Gasteiger partial charge in [-0.05, 0) is 24.3 Å². The summed E-state index contributed by atoms with van der Waals surface area (Å²) in [7, 11) is 0. The lowest BCUT2D eigenvalue weighted by atomic mass is 10.3. The Kier molecular flexibility index (Phi) is 2.12. The van der Waals surface area contributed by atoms with E-state index in [1.807, 2.05) is 0 Å². The molecule has 12 heavy (non-hydrogen) atoms. The summed E-state index contributed by atoms with van der Waals surface area (Å²) in [6.45, 7) is 0. The van der Waals surface area contributed by atoms with E-state index in [-0.39, 0.29) is 5.69 Å². The Morgan fingerprint density at radius 2 is 1.58 bits per heavy atom. The van der Waals surface area contributed by atoms with Gasteiger partial charge in [0.15, 0.2) is 0 Å². The van der Waals surface area contributed by atoms with Gasteiger partial charge >= 0.3 is 6.30 Å². The number of anilines is 2. The van der Waals surface area contributed by atoms with Crippen LogP contribution >= 0.6 is 0 Å². The molecule has 0 amide bonds. The summed E-state index contributed by atoms with van der Waals surface area (Å²) in [5.74, 6) is 0. The average molecular weight is 176 g/mol. The van der Waals surface area contributed by atoms with Crippen LogP contribution in [-0.2, 0) is 0 Å². The fourth-order valence-electron chi connectivity index (χ4n) is 0.730. The molecule has 0 heterocycles. The predicted molar refractivity (Wildman–Crippen MR) is 40.5 cm³/mol. The van der Waals surface area contributed by atoms with E-state index in [4.69, 9.17) is 5.73 Å². The zero-order chi connectivity index (χ0) is 9.19. The molecular weight excluding hydrogens is 169 g/mol. The molecule has 0 aromatic heterocycles. The van der Waals surface area contributed by atoms with E-state index < -0.39 is 6.30 Å². The van der Waals surface area contributed by atoms with Crippen molar-refractivity contribution >= 4 is 11.4 Å². The summed E-state index contributed by atoms with van der Waals surface area (Å²) in [5.41, 5.74) is 5.70. The molecule has 1 aromatic rings. The second kappa shape index (κ2) is 2.92. The van der Waals surface area contributed by atoms with Gasteiger partial charge in [0.25, 0.3) is 0 Å². The number of halogens is 3. The van der Waals surface area contributed by atoms with Gasteiger partial charge in [-0.15, -0.1) is 0 Å². The van der Waals surface area contributed by atoms with Crippen molar-refractivity contribution in [2.24, 2.45) is 0 Å². The maximum absolute atomic E-state index is 11.7. The zero-order valence-electron chi connectivity index (χ0n) is 6.02. The highest BCUT2D eigenvalue weighted by molar-refractivity contribution is 5.51. The first-order valence-corrected chi connectivity index (χ1v) is 3.18. The highest BCUT2D eigenvalue weighted by Crippen LogP contribution is 2.20. The van der Waals surface area contributed by atoms with Crippen LogP contribution in [0.1, 0.15) is 0 Å². The van der Waals surface area contributed by atoms with Gasteiger partial charge in [0.05, 0.1) is 0 Å². The molecule has 0 spiro atoms. The Morgan fingerprint density at radius 1 is 1.08 bits per heavy atom. The van der Waals surface area contributed by atoms with E-state index in [2.05, 4.69) is 0 Å². The molecule has 3 N–H and O–H groups in total. The summed E-state index contributed by atoms with van der Waals surface area (Å²) in [6.07, 6.45) is -4.39. The highest BCUT2D eigenvalue weighted by Gasteiger charge is 2.26. The van der Waals surface area contributed by atoms with Crippen molar-refractivity contribution in [1.29, 1.82) is 0 Å². The maximum atomic E-state index is 11.7. The third-order valence-corrected chi connectivity index (χ3v) is 1.20. The average Bonchev–Trinajstić information content (AvgIpc) is 1.91. The summed E-state index contributed by atoms with van der Waals surface area (Å²) >= 11 is 0. The number of hydrogen-bond acceptors (Lipinski definition) is 2. The van der Waals surface area contributed by atoms with Crippen molar-refractivity contribution in [3.63, 3.8) is 0 Å². The summed E-state index contributed by atoms with van der Waals surface area (Å²) in [6, 6.07) is 5.33. The zero-order valence-corrected chi connectivity index (χ0v) is 6.02. The van der Waals surface area contributed by atoms with Crippen LogP contribution in [0, 0.1) is 0 Å². The molecule has 0 aliphatic rings. The number of rotatable bonds is 1. The maximum Gasteiger partial charge on any atom is 0.482 e. The minimum absolute atomic E-state index is 0.0169. The van der Waals surface area contributed by atoms with E-state index in [0.29, 0.717) is 5.69 Å². The van der Waals surface area contributed by atoms with Crippen LogP contribution in [0.25, 0.3) is 0 Å². The summed E-state index contributed by atoms with van der Waals surface area (Å²) < 4.78 is 35.1. The lowest BCUT2D eigenvalue weighted by molar-refractivity contribution is -0.0999. The van der Waals surface area contributed by atoms with Crippen molar-refractivity contribution in [2.75, 3.05) is 11.1 Å². The lowest BCUT2D eigenvalue weighted by Gasteiger charge is -2.09. The van der Waals surface area contributed by atoms with E-state index >= 15 is 0 Å². The van der Waals surface area contributed by atoms with Crippen LogP contribution in [0.2, 0.25) is 0 Å². The molecule has 1 aromatic carbocycles. The molecule has 0 aliphatic heterocycles. The SMILES string of the molecule is Nc1ccc(NC(F)(F)F)cc1. The van der Waals surface area contributed by atoms with Gasteiger partial charge in [0, 0.05) is 11.4 Å². The van der Waals surface area contributed by atoms with Crippen LogP contribution in [-0.4, -0.2) is 6.30 Å². The standard InChI is InChI=1S/C7H7F3N2/c8-7(9,10)12-6-3-1-5(11)2-4-6/h1-4,12H,11H2. The molecule has 0 unspecified atom stereocenters. The summed E-state index contributed by atoms with van der Waals surface area (Å²) in [4.78, 5) is 0. The van der Waals surface area contributed by atoms with Gasteiger partial charge in [-0.3, -0.25) is 5.32 Å². The van der Waals surface area contributed by atoms with Crippen molar-refractivity contribution in [1.82, 2.24) is 0 Å². The van der Waals surface area contributed by atoms with Gasteiger partial charge in [-0.1, -0.05) is 0 Å². The quantitative estimate of drug-likeness (QED) is 0.508.